The third-order valence-corrected chi connectivity index (χ3v) is 9.27. The fraction of sp³-hybridized carbons (Fsp3) is 0.0233. The molecule has 6 rings (SSSR count). The van der Waals surface area contributed by atoms with Crippen molar-refractivity contribution in [3.8, 4) is 11.1 Å². The number of amides is 4. The molecular formula is C43H34N4O4S. The molecule has 0 saturated heterocycles. The number of rotatable bonds is 12. The van der Waals surface area contributed by atoms with Gasteiger partial charge in [-0.25, -0.2) is 0 Å². The van der Waals surface area contributed by atoms with E-state index in [9.17, 15) is 19.2 Å². The third kappa shape index (κ3) is 9.29. The molecule has 8 nitrogen and oxygen atoms in total. The highest BCUT2D eigenvalue weighted by Gasteiger charge is 2.23. The number of benzene rings is 6. The molecule has 5 N–H and O–H groups in total. The molecule has 0 bridgehead atoms. The summed E-state index contributed by atoms with van der Waals surface area (Å²) in [4.78, 5) is 52.6. The van der Waals surface area contributed by atoms with Crippen molar-refractivity contribution >= 4 is 52.8 Å². The van der Waals surface area contributed by atoms with E-state index >= 15 is 0 Å². The second kappa shape index (κ2) is 16.8. The molecular weight excluding hydrogens is 669 g/mol. The molecule has 0 saturated carbocycles. The summed E-state index contributed by atoms with van der Waals surface area (Å²) in [6.45, 7) is 0. The lowest BCUT2D eigenvalue weighted by Crippen LogP contribution is -2.30. The van der Waals surface area contributed by atoms with Crippen LogP contribution in [0, 0.1) is 0 Å². The second-order valence-electron chi connectivity index (χ2n) is 11.7. The number of hydrogen-bond donors (Lipinski definition) is 4. The average Bonchev–Trinajstić information content (AvgIpc) is 3.18. The number of carbonyl (C=O) groups excluding carboxylic acids is 4. The number of nitrogens with one attached hydrogen (secondary N) is 3. The van der Waals surface area contributed by atoms with E-state index in [4.69, 9.17) is 5.73 Å². The van der Waals surface area contributed by atoms with Crippen molar-refractivity contribution in [2.75, 3.05) is 10.6 Å². The Kier molecular flexibility index (Phi) is 11.3. The summed E-state index contributed by atoms with van der Waals surface area (Å²) in [6, 6.07) is 49.3. The maximum absolute atomic E-state index is 13.7. The largest absolute Gasteiger partial charge is 0.366 e. The van der Waals surface area contributed by atoms with Crippen LogP contribution in [0.1, 0.15) is 37.1 Å². The number of anilines is 2. The summed E-state index contributed by atoms with van der Waals surface area (Å²) in [5.74, 6) is -1.71. The van der Waals surface area contributed by atoms with Crippen LogP contribution in [0.25, 0.3) is 17.2 Å². The van der Waals surface area contributed by atoms with Crippen LogP contribution >= 0.6 is 11.8 Å². The molecule has 0 radical (unpaired) electrons. The first-order chi connectivity index (χ1) is 25.3. The van der Waals surface area contributed by atoms with E-state index in [0.717, 1.165) is 27.1 Å². The molecule has 0 aliphatic rings. The molecule has 0 heterocycles. The van der Waals surface area contributed by atoms with Gasteiger partial charge < -0.3 is 21.7 Å². The lowest BCUT2D eigenvalue weighted by atomic mass is 10.0. The van der Waals surface area contributed by atoms with Crippen molar-refractivity contribution in [1.82, 2.24) is 5.32 Å². The minimum absolute atomic E-state index is 0.0736. The number of primary amides is 1. The van der Waals surface area contributed by atoms with Crippen LogP contribution in [0.5, 0.6) is 0 Å². The highest BCUT2D eigenvalue weighted by atomic mass is 32.2. The van der Waals surface area contributed by atoms with Gasteiger partial charge in [-0.3, -0.25) is 19.2 Å². The van der Waals surface area contributed by atoms with Crippen molar-refractivity contribution in [1.29, 1.82) is 0 Å². The Labute approximate surface area is 305 Å². The van der Waals surface area contributed by atoms with Crippen LogP contribution in [0.3, 0.4) is 0 Å². The normalized spacial score (nSPS) is 11.6. The van der Waals surface area contributed by atoms with E-state index in [1.807, 2.05) is 103 Å². The van der Waals surface area contributed by atoms with Crippen molar-refractivity contribution in [2.24, 2.45) is 5.73 Å². The first-order valence-corrected chi connectivity index (χ1v) is 17.3. The lowest BCUT2D eigenvalue weighted by molar-refractivity contribution is -0.116. The molecule has 6 aromatic rings. The molecule has 52 heavy (non-hydrogen) atoms. The SMILES string of the molecule is NC(=O)c1ccc(NC(=O)C(Sc2ccc(NC(=O)/C(=C/c3ccc(-c4ccccc4)cc3)NC(=O)c3ccccc3)cc2)c2ccccc2)cc1. The predicted octanol–water partition coefficient (Wildman–Crippen LogP) is 8.33. The Morgan fingerprint density at radius 3 is 1.71 bits per heavy atom. The highest BCUT2D eigenvalue weighted by molar-refractivity contribution is 8.00. The van der Waals surface area contributed by atoms with Crippen LogP contribution in [0.15, 0.2) is 174 Å². The van der Waals surface area contributed by atoms with Crippen LogP contribution in [0.2, 0.25) is 0 Å². The summed E-state index contributed by atoms with van der Waals surface area (Å²) in [5, 5.41) is 8.00. The van der Waals surface area contributed by atoms with Gasteiger partial charge in [0.15, 0.2) is 0 Å². The molecule has 0 fully saturated rings. The predicted molar refractivity (Wildman–Crippen MR) is 207 cm³/mol. The molecule has 0 aromatic heterocycles. The van der Waals surface area contributed by atoms with Gasteiger partial charge in [0.1, 0.15) is 10.9 Å². The Bertz CT molecular complexity index is 2190. The first-order valence-electron chi connectivity index (χ1n) is 16.4. The van der Waals surface area contributed by atoms with E-state index < -0.39 is 23.0 Å². The Balaban J connectivity index is 1.18. The van der Waals surface area contributed by atoms with Gasteiger partial charge in [-0.15, -0.1) is 11.8 Å². The number of nitrogens with two attached hydrogens (primary N) is 1. The fourth-order valence-electron chi connectivity index (χ4n) is 5.29. The van der Waals surface area contributed by atoms with Crippen LogP contribution < -0.4 is 21.7 Å². The average molecular weight is 703 g/mol. The van der Waals surface area contributed by atoms with Crippen molar-refractivity contribution in [3.63, 3.8) is 0 Å². The van der Waals surface area contributed by atoms with Gasteiger partial charge in [0.05, 0.1) is 0 Å². The molecule has 1 atom stereocenters. The van der Waals surface area contributed by atoms with Crippen molar-refractivity contribution < 1.29 is 19.2 Å². The summed E-state index contributed by atoms with van der Waals surface area (Å²) >= 11 is 1.35. The maximum atomic E-state index is 13.7. The maximum Gasteiger partial charge on any atom is 0.272 e. The fourth-order valence-corrected chi connectivity index (χ4v) is 6.31. The van der Waals surface area contributed by atoms with Gasteiger partial charge in [0.2, 0.25) is 11.8 Å². The van der Waals surface area contributed by atoms with Crippen molar-refractivity contribution in [2.45, 2.75) is 10.1 Å². The molecule has 4 amide bonds. The standard InChI is InChI=1S/C43H34N4O4S/c44-40(48)33-20-22-35(23-21-33)46-43(51)39(32-12-6-2-7-13-32)52-37-26-24-36(25-27-37)45-42(50)38(47-41(49)34-14-8-3-9-15-34)28-29-16-18-31(19-17-29)30-10-4-1-5-11-30/h1-28,39H,(H2,44,48)(H,45,50)(H,46,51)(H,47,49)/b38-28-. The monoisotopic (exact) mass is 702 g/mol. The highest BCUT2D eigenvalue weighted by Crippen LogP contribution is 2.37. The zero-order valence-electron chi connectivity index (χ0n) is 27.9. The number of carbonyl (C=O) groups is 4. The molecule has 0 spiro atoms. The molecule has 0 aliphatic carbocycles. The van der Waals surface area contributed by atoms with E-state index in [1.165, 1.54) is 11.8 Å². The topological polar surface area (TPSA) is 130 Å². The number of thioether (sulfide) groups is 1. The van der Waals surface area contributed by atoms with Gasteiger partial charge in [0.25, 0.3) is 11.8 Å². The molecule has 1 unspecified atom stereocenters. The zero-order chi connectivity index (χ0) is 36.3. The lowest BCUT2D eigenvalue weighted by Gasteiger charge is -2.18. The number of hydrogen-bond acceptors (Lipinski definition) is 5. The minimum atomic E-state index is -0.603. The Hall–Kier alpha value is -6.71. The molecule has 0 aliphatic heterocycles. The minimum Gasteiger partial charge on any atom is -0.366 e. The Morgan fingerprint density at radius 1 is 0.558 bits per heavy atom. The van der Waals surface area contributed by atoms with Gasteiger partial charge in [-0.05, 0) is 89.0 Å². The first kappa shape index (κ1) is 35.1. The van der Waals surface area contributed by atoms with Gasteiger partial charge >= 0.3 is 0 Å². The Morgan fingerprint density at radius 2 is 1.10 bits per heavy atom. The zero-order valence-corrected chi connectivity index (χ0v) is 28.7. The van der Waals surface area contributed by atoms with E-state index in [1.54, 1.807) is 66.7 Å². The van der Waals surface area contributed by atoms with Crippen LogP contribution in [-0.2, 0) is 9.59 Å². The van der Waals surface area contributed by atoms with Gasteiger partial charge in [-0.1, -0.05) is 103 Å². The van der Waals surface area contributed by atoms with Gasteiger partial charge in [0, 0.05) is 27.4 Å². The summed E-state index contributed by atoms with van der Waals surface area (Å²) in [5.41, 5.74) is 10.9. The molecule has 6 aromatic carbocycles. The van der Waals surface area contributed by atoms with E-state index in [0.29, 0.717) is 22.5 Å². The summed E-state index contributed by atoms with van der Waals surface area (Å²) in [6.07, 6.45) is 1.64. The van der Waals surface area contributed by atoms with Crippen LogP contribution in [-0.4, -0.2) is 23.6 Å². The second-order valence-corrected chi connectivity index (χ2v) is 12.9. The quantitative estimate of drug-likeness (QED) is 0.0753. The van der Waals surface area contributed by atoms with E-state index in [2.05, 4.69) is 16.0 Å². The van der Waals surface area contributed by atoms with Gasteiger partial charge in [-0.2, -0.15) is 0 Å². The smallest absolute Gasteiger partial charge is 0.272 e. The van der Waals surface area contributed by atoms with Crippen LogP contribution in [0.4, 0.5) is 11.4 Å². The molecule has 9 heteroatoms. The summed E-state index contributed by atoms with van der Waals surface area (Å²) in [7, 11) is 0. The van der Waals surface area contributed by atoms with E-state index in [-0.39, 0.29) is 11.6 Å². The molecule has 256 valence electrons. The van der Waals surface area contributed by atoms with Crippen molar-refractivity contribution in [3.05, 3.63) is 192 Å². The summed E-state index contributed by atoms with van der Waals surface area (Å²) < 4.78 is 0. The third-order valence-electron chi connectivity index (χ3n) is 8.00.